The number of aromatic nitrogens is 4. The van der Waals surface area contributed by atoms with Gasteiger partial charge < -0.3 is 15.0 Å². The van der Waals surface area contributed by atoms with Gasteiger partial charge in [-0.15, -0.1) is 0 Å². The third kappa shape index (κ3) is 4.04. The fraction of sp³-hybridized carbons (Fsp3) is 0.483. The molecule has 2 bridgehead atoms. The first-order valence-electron chi connectivity index (χ1n) is 14.1. The predicted molar refractivity (Wildman–Crippen MR) is 155 cm³/mol. The number of para-hydroxylation sites is 1. The lowest BCUT2D eigenvalue weighted by molar-refractivity contribution is 0.107. The highest BCUT2D eigenvalue weighted by molar-refractivity contribution is 6.35. The molecular weight excluding hydrogens is 552 g/mol. The van der Waals surface area contributed by atoms with E-state index in [4.69, 9.17) is 37.9 Å². The van der Waals surface area contributed by atoms with Crippen LogP contribution in [0.15, 0.2) is 36.5 Å². The Morgan fingerprint density at radius 3 is 2.77 bits per heavy atom. The van der Waals surface area contributed by atoms with E-state index in [0.717, 1.165) is 72.9 Å². The summed E-state index contributed by atoms with van der Waals surface area (Å²) in [6, 6.07) is 10.8. The second-order valence-corrected chi connectivity index (χ2v) is 12.6. The zero-order chi connectivity index (χ0) is 27.0. The summed E-state index contributed by atoms with van der Waals surface area (Å²) in [6.07, 6.45) is 5.79. The summed E-state index contributed by atoms with van der Waals surface area (Å²) in [5, 5.41) is 11.2. The van der Waals surface area contributed by atoms with Gasteiger partial charge in [0.15, 0.2) is 0 Å². The highest BCUT2D eigenvalue weighted by Gasteiger charge is 2.49. The molecule has 40 heavy (non-hydrogen) atoms. The Balaban J connectivity index is 1.23. The number of anilines is 1. The molecule has 1 N–H and O–H groups in total. The molecule has 2 unspecified atom stereocenters. The monoisotopic (exact) mass is 581 g/mol. The second kappa shape index (κ2) is 9.41. The molecule has 8 rings (SSSR count). The second-order valence-electron chi connectivity index (χ2n) is 11.8. The molecule has 4 fully saturated rings. The standard InChI is InChI=1S/C29H30Cl2FN7O/c30-22-4-1-3-17-12-33-39(26(17)22)25-10-24-21(9-23(25)31)27(37-14-19-5-6-20(15-37)34-19)36-28(35-24)40-16-29-7-2-8-38(29)13-18(32)11-29/h1,3-4,9-10,12,18-20,34H,2,5-8,11,13-16H2/t18-,19?,20?,29+/m1/s1. The van der Waals surface area contributed by atoms with Gasteiger partial charge >= 0.3 is 6.01 Å². The molecule has 6 heterocycles. The van der Waals surface area contributed by atoms with E-state index in [1.54, 1.807) is 10.9 Å². The number of nitrogens with zero attached hydrogens (tertiary/aromatic N) is 6. The van der Waals surface area contributed by atoms with Crippen LogP contribution in [0, 0.1) is 0 Å². The summed E-state index contributed by atoms with van der Waals surface area (Å²) < 4.78 is 22.5. The molecule has 4 saturated heterocycles. The lowest BCUT2D eigenvalue weighted by Gasteiger charge is -2.34. The Kier molecular flexibility index (Phi) is 5.89. The number of nitrogens with one attached hydrogen (secondary N) is 1. The van der Waals surface area contributed by atoms with Gasteiger partial charge in [0, 0.05) is 48.9 Å². The number of fused-ring (bicyclic) bond motifs is 5. The number of hydrogen-bond donors (Lipinski definition) is 1. The molecule has 11 heteroatoms. The van der Waals surface area contributed by atoms with Crippen LogP contribution in [0.1, 0.15) is 32.1 Å². The summed E-state index contributed by atoms with van der Waals surface area (Å²) in [4.78, 5) is 14.4. The van der Waals surface area contributed by atoms with Crippen molar-refractivity contribution in [2.45, 2.75) is 55.9 Å². The van der Waals surface area contributed by atoms with Gasteiger partial charge in [-0.2, -0.15) is 15.1 Å². The van der Waals surface area contributed by atoms with E-state index in [1.165, 1.54) is 0 Å². The maximum absolute atomic E-state index is 14.4. The Hall–Kier alpha value is -2.72. The van der Waals surface area contributed by atoms with Crippen LogP contribution in [0.5, 0.6) is 6.01 Å². The number of alkyl halides is 1. The van der Waals surface area contributed by atoms with Gasteiger partial charge in [-0.1, -0.05) is 35.3 Å². The summed E-state index contributed by atoms with van der Waals surface area (Å²) in [5.41, 5.74) is 1.92. The van der Waals surface area contributed by atoms with Crippen molar-refractivity contribution in [1.29, 1.82) is 0 Å². The summed E-state index contributed by atoms with van der Waals surface area (Å²) >= 11 is 13.5. The maximum Gasteiger partial charge on any atom is 0.319 e. The molecule has 4 aromatic rings. The first-order chi connectivity index (χ1) is 19.5. The van der Waals surface area contributed by atoms with Gasteiger partial charge in [0.2, 0.25) is 0 Å². The number of hydrogen-bond acceptors (Lipinski definition) is 7. The minimum Gasteiger partial charge on any atom is -0.461 e. The Bertz CT molecular complexity index is 1620. The number of rotatable bonds is 5. The van der Waals surface area contributed by atoms with E-state index in [0.29, 0.717) is 53.4 Å². The van der Waals surface area contributed by atoms with Crippen molar-refractivity contribution in [2.24, 2.45) is 0 Å². The molecule has 0 amide bonds. The van der Waals surface area contributed by atoms with Crippen LogP contribution in [-0.4, -0.2) is 81.2 Å². The van der Waals surface area contributed by atoms with E-state index < -0.39 is 6.17 Å². The van der Waals surface area contributed by atoms with Crippen molar-refractivity contribution in [3.05, 3.63) is 46.6 Å². The van der Waals surface area contributed by atoms with Gasteiger partial charge in [-0.05, 0) is 50.4 Å². The van der Waals surface area contributed by atoms with Crippen LogP contribution in [-0.2, 0) is 0 Å². The van der Waals surface area contributed by atoms with E-state index >= 15 is 0 Å². The van der Waals surface area contributed by atoms with Crippen molar-refractivity contribution in [3.63, 3.8) is 0 Å². The molecule has 8 nitrogen and oxygen atoms in total. The van der Waals surface area contributed by atoms with Crippen molar-refractivity contribution >= 4 is 50.8 Å². The summed E-state index contributed by atoms with van der Waals surface area (Å²) in [7, 11) is 0. The molecule has 4 aliphatic heterocycles. The fourth-order valence-electron chi connectivity index (χ4n) is 7.41. The van der Waals surface area contributed by atoms with Crippen molar-refractivity contribution < 1.29 is 9.13 Å². The quantitative estimate of drug-likeness (QED) is 0.348. The van der Waals surface area contributed by atoms with Gasteiger partial charge in [0.1, 0.15) is 18.6 Å². The molecule has 0 radical (unpaired) electrons. The van der Waals surface area contributed by atoms with Crippen LogP contribution in [0.4, 0.5) is 10.2 Å². The fourth-order valence-corrected chi connectivity index (χ4v) is 7.91. The van der Waals surface area contributed by atoms with E-state index in [1.807, 2.05) is 30.3 Å². The predicted octanol–water partition coefficient (Wildman–Crippen LogP) is 5.17. The van der Waals surface area contributed by atoms with Crippen molar-refractivity contribution in [1.82, 2.24) is 30.0 Å². The lowest BCUT2D eigenvalue weighted by atomic mass is 9.95. The maximum atomic E-state index is 14.4. The van der Waals surface area contributed by atoms with Crippen molar-refractivity contribution in [2.75, 3.05) is 37.7 Å². The highest BCUT2D eigenvalue weighted by atomic mass is 35.5. The average Bonchev–Trinajstić information content (AvgIpc) is 3.69. The minimum absolute atomic E-state index is 0.276. The largest absolute Gasteiger partial charge is 0.461 e. The lowest BCUT2D eigenvalue weighted by Crippen LogP contribution is -2.51. The summed E-state index contributed by atoms with van der Waals surface area (Å²) in [6.45, 7) is 3.51. The average molecular weight is 583 g/mol. The third-order valence-corrected chi connectivity index (χ3v) is 9.85. The van der Waals surface area contributed by atoms with Crippen LogP contribution >= 0.6 is 23.2 Å². The molecule has 208 valence electrons. The van der Waals surface area contributed by atoms with Crippen LogP contribution in [0.25, 0.3) is 27.5 Å². The first kappa shape index (κ1) is 25.0. The van der Waals surface area contributed by atoms with E-state index in [2.05, 4.69) is 20.2 Å². The molecule has 0 aliphatic carbocycles. The number of ether oxygens (including phenoxy) is 1. The molecule has 4 atom stereocenters. The molecule has 2 aromatic carbocycles. The SMILES string of the molecule is F[C@H]1CN2CCC[C@@]2(COc2nc(N3CC4CCC(C3)N4)c3cc(Cl)c(-n4ncc5cccc(Cl)c54)cc3n2)C1. The molecule has 2 aromatic heterocycles. The number of piperazine rings is 1. The van der Waals surface area contributed by atoms with Crippen LogP contribution in [0.3, 0.4) is 0 Å². The summed E-state index contributed by atoms with van der Waals surface area (Å²) in [5.74, 6) is 0.825. The first-order valence-corrected chi connectivity index (χ1v) is 14.9. The van der Waals surface area contributed by atoms with Gasteiger partial charge in [0.05, 0.1) is 38.5 Å². The molecular formula is C29H30Cl2FN7O. The highest BCUT2D eigenvalue weighted by Crippen LogP contribution is 2.41. The van der Waals surface area contributed by atoms with Gasteiger partial charge in [0.25, 0.3) is 0 Å². The van der Waals surface area contributed by atoms with Crippen LogP contribution in [0.2, 0.25) is 10.0 Å². The van der Waals surface area contributed by atoms with Gasteiger partial charge in [-0.3, -0.25) is 4.90 Å². The Labute approximate surface area is 241 Å². The number of benzene rings is 2. The minimum atomic E-state index is -0.811. The molecule has 4 aliphatic rings. The molecule has 0 saturated carbocycles. The van der Waals surface area contributed by atoms with Crippen molar-refractivity contribution in [3.8, 4) is 11.7 Å². The Morgan fingerprint density at radius 2 is 1.93 bits per heavy atom. The number of halogens is 3. The van der Waals surface area contributed by atoms with Crippen LogP contribution < -0.4 is 15.0 Å². The molecule has 0 spiro atoms. The zero-order valence-electron chi connectivity index (χ0n) is 22.0. The Morgan fingerprint density at radius 1 is 1.07 bits per heavy atom. The van der Waals surface area contributed by atoms with Gasteiger partial charge in [-0.25, -0.2) is 9.07 Å². The third-order valence-electron chi connectivity index (χ3n) is 9.24. The zero-order valence-corrected chi connectivity index (χ0v) is 23.5. The van der Waals surface area contributed by atoms with E-state index in [-0.39, 0.29) is 5.54 Å². The smallest absolute Gasteiger partial charge is 0.319 e. The van der Waals surface area contributed by atoms with E-state index in [9.17, 15) is 4.39 Å². The topological polar surface area (TPSA) is 71.3 Å². The normalized spacial score (nSPS) is 28.2.